The number of carboxylic acid groups (broad SMARTS) is 3. The van der Waals surface area contributed by atoms with Crippen molar-refractivity contribution in [3.05, 3.63) is 0 Å². The summed E-state index contributed by atoms with van der Waals surface area (Å²) < 4.78 is 0. The number of aliphatic carboxylic acids is 3. The number of rotatable bonds is 12. The van der Waals surface area contributed by atoms with E-state index in [1.807, 2.05) is 0 Å². The van der Waals surface area contributed by atoms with Crippen LogP contribution >= 0.6 is 0 Å². The van der Waals surface area contributed by atoms with E-state index in [-0.39, 0.29) is 6.42 Å². The first-order chi connectivity index (χ1) is 14.4. The molecule has 0 saturated carbocycles. The minimum Gasteiger partial charge on any atom is -0.481 e. The Balaban J connectivity index is 2.91. The number of carbonyl (C=O) groups excluding carboxylic acids is 3. The molecule has 1 aliphatic heterocycles. The molecule has 0 aromatic rings. The SMILES string of the molecule is CC(N)C(=O)N1CCCC1C(=O)NC(CCC(=O)O)C(=O)NC(CCC(=O)O)C(=O)O. The smallest absolute Gasteiger partial charge is 0.326 e. The largest absolute Gasteiger partial charge is 0.481 e. The van der Waals surface area contributed by atoms with Crippen LogP contribution in [0.15, 0.2) is 0 Å². The zero-order valence-electron chi connectivity index (χ0n) is 17.1. The van der Waals surface area contributed by atoms with Gasteiger partial charge in [-0.3, -0.25) is 24.0 Å². The van der Waals surface area contributed by atoms with Crippen LogP contribution < -0.4 is 16.4 Å². The minimum atomic E-state index is -1.53. The Morgan fingerprint density at radius 3 is 2.00 bits per heavy atom. The van der Waals surface area contributed by atoms with Gasteiger partial charge in [0.2, 0.25) is 17.7 Å². The van der Waals surface area contributed by atoms with Gasteiger partial charge < -0.3 is 36.6 Å². The second-order valence-electron chi connectivity index (χ2n) is 7.30. The zero-order valence-corrected chi connectivity index (χ0v) is 17.1. The van der Waals surface area contributed by atoms with Crippen molar-refractivity contribution in [2.75, 3.05) is 6.54 Å². The van der Waals surface area contributed by atoms with E-state index in [1.54, 1.807) is 0 Å². The first kappa shape index (κ1) is 25.8. The van der Waals surface area contributed by atoms with Crippen molar-refractivity contribution in [2.45, 2.75) is 69.6 Å². The Kier molecular flexibility index (Phi) is 9.86. The van der Waals surface area contributed by atoms with E-state index < -0.39 is 79.1 Å². The fourth-order valence-electron chi connectivity index (χ4n) is 3.17. The van der Waals surface area contributed by atoms with Crippen LogP contribution in [0.5, 0.6) is 0 Å². The molecule has 0 bridgehead atoms. The average molecular weight is 444 g/mol. The highest BCUT2D eigenvalue weighted by Gasteiger charge is 2.37. The second kappa shape index (κ2) is 11.8. The van der Waals surface area contributed by atoms with Gasteiger partial charge in [0.25, 0.3) is 0 Å². The number of carboxylic acids is 3. The van der Waals surface area contributed by atoms with Crippen LogP contribution in [0.25, 0.3) is 0 Å². The zero-order chi connectivity index (χ0) is 23.7. The third-order valence-corrected chi connectivity index (χ3v) is 4.77. The Hall–Kier alpha value is -3.22. The van der Waals surface area contributed by atoms with Gasteiger partial charge in [0.15, 0.2) is 0 Å². The maximum Gasteiger partial charge on any atom is 0.326 e. The Bertz CT molecular complexity index is 725. The van der Waals surface area contributed by atoms with Gasteiger partial charge in [-0.2, -0.15) is 0 Å². The van der Waals surface area contributed by atoms with Crippen molar-refractivity contribution in [3.63, 3.8) is 0 Å². The molecule has 3 amide bonds. The molecular formula is C18H28N4O9. The molecule has 0 aromatic heterocycles. The van der Waals surface area contributed by atoms with E-state index in [9.17, 15) is 33.9 Å². The van der Waals surface area contributed by atoms with E-state index in [0.717, 1.165) is 0 Å². The molecule has 4 unspecified atom stereocenters. The highest BCUT2D eigenvalue weighted by atomic mass is 16.4. The summed E-state index contributed by atoms with van der Waals surface area (Å²) in [5.74, 6) is -6.05. The van der Waals surface area contributed by atoms with Gasteiger partial charge >= 0.3 is 17.9 Å². The number of likely N-dealkylation sites (tertiary alicyclic amines) is 1. The van der Waals surface area contributed by atoms with Gasteiger partial charge in [0.1, 0.15) is 18.1 Å². The molecule has 7 N–H and O–H groups in total. The van der Waals surface area contributed by atoms with Crippen LogP contribution in [-0.4, -0.2) is 86.6 Å². The molecule has 0 spiro atoms. The first-order valence-corrected chi connectivity index (χ1v) is 9.77. The summed E-state index contributed by atoms with van der Waals surface area (Å²) >= 11 is 0. The molecule has 0 aromatic carbocycles. The van der Waals surface area contributed by atoms with Crippen molar-refractivity contribution in [3.8, 4) is 0 Å². The van der Waals surface area contributed by atoms with Gasteiger partial charge in [-0.15, -0.1) is 0 Å². The summed E-state index contributed by atoms with van der Waals surface area (Å²) in [6.45, 7) is 1.78. The molecule has 1 aliphatic rings. The second-order valence-corrected chi connectivity index (χ2v) is 7.30. The number of carbonyl (C=O) groups is 6. The average Bonchev–Trinajstić information content (AvgIpc) is 3.16. The fraction of sp³-hybridized carbons (Fsp3) is 0.667. The molecule has 1 rings (SSSR count). The highest BCUT2D eigenvalue weighted by molar-refractivity contribution is 5.94. The molecule has 31 heavy (non-hydrogen) atoms. The molecule has 0 radical (unpaired) electrons. The molecule has 4 atom stereocenters. The standard InChI is InChI=1S/C18H28N4O9/c1-9(19)17(29)22-8-2-3-12(22)16(28)20-10(4-6-13(23)24)15(27)21-11(18(30)31)5-7-14(25)26/h9-12H,2-8,19H2,1H3,(H,20,28)(H,21,27)(H,23,24)(H,25,26)(H,30,31). The lowest BCUT2D eigenvalue weighted by Gasteiger charge is -2.27. The lowest BCUT2D eigenvalue weighted by atomic mass is 10.1. The Morgan fingerprint density at radius 1 is 0.968 bits per heavy atom. The van der Waals surface area contributed by atoms with Crippen LogP contribution in [0.3, 0.4) is 0 Å². The lowest BCUT2D eigenvalue weighted by Crippen LogP contribution is -2.56. The molecule has 1 heterocycles. The Morgan fingerprint density at radius 2 is 1.52 bits per heavy atom. The fourth-order valence-corrected chi connectivity index (χ4v) is 3.17. The molecular weight excluding hydrogens is 416 g/mol. The Labute approximate surface area is 177 Å². The molecule has 1 fully saturated rings. The molecule has 13 nitrogen and oxygen atoms in total. The predicted octanol–water partition coefficient (Wildman–Crippen LogP) is -1.89. The highest BCUT2D eigenvalue weighted by Crippen LogP contribution is 2.19. The van der Waals surface area contributed by atoms with E-state index in [4.69, 9.17) is 15.9 Å². The monoisotopic (exact) mass is 444 g/mol. The number of nitrogens with zero attached hydrogens (tertiary/aromatic N) is 1. The normalized spacial score (nSPS) is 18.5. The summed E-state index contributed by atoms with van der Waals surface area (Å²) in [6, 6.07) is -4.63. The molecule has 0 aliphatic carbocycles. The van der Waals surface area contributed by atoms with E-state index >= 15 is 0 Å². The third-order valence-electron chi connectivity index (χ3n) is 4.77. The topological polar surface area (TPSA) is 216 Å². The van der Waals surface area contributed by atoms with Crippen LogP contribution in [-0.2, 0) is 28.8 Å². The van der Waals surface area contributed by atoms with Crippen LogP contribution in [0.1, 0.15) is 45.4 Å². The molecule has 1 saturated heterocycles. The molecule has 13 heteroatoms. The summed E-state index contributed by atoms with van der Waals surface area (Å²) in [7, 11) is 0. The summed E-state index contributed by atoms with van der Waals surface area (Å²) in [5.41, 5.74) is 5.59. The third kappa shape index (κ3) is 8.20. The van der Waals surface area contributed by atoms with Crippen molar-refractivity contribution < 1.29 is 44.1 Å². The van der Waals surface area contributed by atoms with Crippen molar-refractivity contribution >= 4 is 35.6 Å². The van der Waals surface area contributed by atoms with Gasteiger partial charge in [0, 0.05) is 19.4 Å². The number of hydrogen-bond acceptors (Lipinski definition) is 7. The quantitative estimate of drug-likeness (QED) is 0.197. The number of nitrogens with two attached hydrogens (primary N) is 1. The van der Waals surface area contributed by atoms with Crippen LogP contribution in [0.2, 0.25) is 0 Å². The number of amides is 3. The first-order valence-electron chi connectivity index (χ1n) is 9.77. The maximum absolute atomic E-state index is 12.7. The minimum absolute atomic E-state index is 0.306. The van der Waals surface area contributed by atoms with Gasteiger partial charge in [-0.1, -0.05) is 0 Å². The molecule has 174 valence electrons. The van der Waals surface area contributed by atoms with Crippen molar-refractivity contribution in [1.82, 2.24) is 15.5 Å². The van der Waals surface area contributed by atoms with E-state index in [1.165, 1.54) is 11.8 Å². The van der Waals surface area contributed by atoms with Crippen molar-refractivity contribution in [1.29, 1.82) is 0 Å². The summed E-state index contributed by atoms with van der Waals surface area (Å²) in [6.07, 6.45) is -0.855. The van der Waals surface area contributed by atoms with Crippen LogP contribution in [0, 0.1) is 0 Å². The van der Waals surface area contributed by atoms with Gasteiger partial charge in [-0.25, -0.2) is 4.79 Å². The summed E-state index contributed by atoms with van der Waals surface area (Å²) in [5, 5.41) is 31.3. The summed E-state index contributed by atoms with van der Waals surface area (Å²) in [4.78, 5) is 71.7. The van der Waals surface area contributed by atoms with Crippen molar-refractivity contribution in [2.24, 2.45) is 5.73 Å². The maximum atomic E-state index is 12.7. The number of hydrogen-bond donors (Lipinski definition) is 6. The van der Waals surface area contributed by atoms with Gasteiger partial charge in [0.05, 0.1) is 6.04 Å². The van der Waals surface area contributed by atoms with Crippen LogP contribution in [0.4, 0.5) is 0 Å². The lowest BCUT2D eigenvalue weighted by molar-refractivity contribution is -0.144. The van der Waals surface area contributed by atoms with Gasteiger partial charge in [-0.05, 0) is 32.6 Å². The number of nitrogens with one attached hydrogen (secondary N) is 2. The predicted molar refractivity (Wildman–Crippen MR) is 104 cm³/mol. The van der Waals surface area contributed by atoms with E-state index in [2.05, 4.69) is 10.6 Å². The van der Waals surface area contributed by atoms with E-state index in [0.29, 0.717) is 19.4 Å².